The number of amides is 2. The molecule has 2 amide bonds. The number of ether oxygens (including phenoxy) is 1. The lowest BCUT2D eigenvalue weighted by Gasteiger charge is -2.12. The van der Waals surface area contributed by atoms with Crippen LogP contribution in [0.2, 0.25) is 0 Å². The summed E-state index contributed by atoms with van der Waals surface area (Å²) in [6.45, 7) is 0.454. The Bertz CT molecular complexity index is 1200. The van der Waals surface area contributed by atoms with Gasteiger partial charge in [0.2, 0.25) is 0 Å². The number of carbonyl (C=O) groups excluding carboxylic acids is 2. The molecule has 3 aromatic rings. The van der Waals surface area contributed by atoms with Gasteiger partial charge in [0.1, 0.15) is 18.2 Å². The number of nitrogens with zero attached hydrogens (tertiary/aromatic N) is 1. The topological polar surface area (TPSA) is 46.6 Å². The van der Waals surface area contributed by atoms with Crippen LogP contribution in [0.15, 0.2) is 80.6 Å². The van der Waals surface area contributed by atoms with E-state index >= 15 is 0 Å². The average molecular weight is 577 g/mol. The summed E-state index contributed by atoms with van der Waals surface area (Å²) in [7, 11) is 0. The van der Waals surface area contributed by atoms with Crippen molar-refractivity contribution in [2.45, 2.75) is 13.2 Å². The van der Waals surface area contributed by atoms with Gasteiger partial charge in [0, 0.05) is 14.5 Å². The first-order valence-corrected chi connectivity index (χ1v) is 12.0. The zero-order valence-electron chi connectivity index (χ0n) is 16.6. The van der Waals surface area contributed by atoms with Crippen LogP contribution in [-0.4, -0.2) is 16.0 Å². The molecule has 1 saturated heterocycles. The number of benzene rings is 3. The van der Waals surface area contributed by atoms with Gasteiger partial charge in [-0.1, -0.05) is 56.1 Å². The second-order valence-electron chi connectivity index (χ2n) is 6.99. The molecule has 1 heterocycles. The Morgan fingerprint density at radius 3 is 2.28 bits per heavy atom. The van der Waals surface area contributed by atoms with E-state index in [0.29, 0.717) is 16.2 Å². The zero-order chi connectivity index (χ0) is 22.7. The second-order valence-corrected chi connectivity index (χ2v) is 9.82. The molecule has 8 heteroatoms. The summed E-state index contributed by atoms with van der Waals surface area (Å²) in [5.41, 5.74) is 2.34. The number of halogens is 3. The maximum atomic E-state index is 13.1. The zero-order valence-corrected chi connectivity index (χ0v) is 20.5. The third-order valence-corrected chi connectivity index (χ3v) is 6.62. The molecule has 162 valence electrons. The number of thioether (sulfide) groups is 1. The van der Waals surface area contributed by atoms with Gasteiger partial charge in [0.15, 0.2) is 0 Å². The Kier molecular flexibility index (Phi) is 7.13. The van der Waals surface area contributed by atoms with Crippen LogP contribution in [0.25, 0.3) is 6.08 Å². The first-order valence-electron chi connectivity index (χ1n) is 9.55. The molecule has 1 aliphatic heterocycles. The fourth-order valence-electron chi connectivity index (χ4n) is 3.06. The van der Waals surface area contributed by atoms with Crippen molar-refractivity contribution in [3.63, 3.8) is 0 Å². The lowest BCUT2D eigenvalue weighted by molar-refractivity contribution is -0.123. The minimum absolute atomic E-state index is 0.210. The van der Waals surface area contributed by atoms with E-state index in [0.717, 1.165) is 31.8 Å². The van der Waals surface area contributed by atoms with Crippen molar-refractivity contribution in [1.82, 2.24) is 4.90 Å². The molecule has 0 aromatic heterocycles. The second kappa shape index (κ2) is 10.0. The van der Waals surface area contributed by atoms with Crippen LogP contribution in [0.3, 0.4) is 0 Å². The summed E-state index contributed by atoms with van der Waals surface area (Å²) in [5, 5.41) is -0.312. The molecule has 0 aliphatic carbocycles. The summed E-state index contributed by atoms with van der Waals surface area (Å²) >= 11 is 7.72. The minimum atomic E-state index is -0.340. The van der Waals surface area contributed by atoms with Gasteiger partial charge in [-0.25, -0.2) is 4.39 Å². The molecule has 0 spiro atoms. The molecule has 4 rings (SSSR count). The van der Waals surface area contributed by atoms with E-state index in [2.05, 4.69) is 31.9 Å². The lowest BCUT2D eigenvalue weighted by Crippen LogP contribution is -2.27. The van der Waals surface area contributed by atoms with E-state index in [4.69, 9.17) is 4.74 Å². The predicted molar refractivity (Wildman–Crippen MR) is 131 cm³/mol. The SMILES string of the molecule is O=C1S/C(=C\c2cc(Br)ccc2OCc2ccc(F)cc2)C(=O)N1Cc1ccc(Br)cc1. The van der Waals surface area contributed by atoms with Gasteiger partial charge in [0.25, 0.3) is 11.1 Å². The highest BCUT2D eigenvalue weighted by atomic mass is 79.9. The molecule has 0 unspecified atom stereocenters. The van der Waals surface area contributed by atoms with E-state index in [-0.39, 0.29) is 30.1 Å². The summed E-state index contributed by atoms with van der Waals surface area (Å²) in [6.07, 6.45) is 1.66. The Labute approximate surface area is 205 Å². The van der Waals surface area contributed by atoms with E-state index in [1.165, 1.54) is 17.0 Å². The van der Waals surface area contributed by atoms with Crippen molar-refractivity contribution in [2.24, 2.45) is 0 Å². The third kappa shape index (κ3) is 5.49. The predicted octanol–water partition coefficient (Wildman–Crippen LogP) is 7.17. The average Bonchev–Trinajstić information content (AvgIpc) is 3.03. The molecule has 0 bridgehead atoms. The smallest absolute Gasteiger partial charge is 0.293 e. The number of carbonyl (C=O) groups is 2. The maximum absolute atomic E-state index is 13.1. The highest BCUT2D eigenvalue weighted by Crippen LogP contribution is 2.36. The Morgan fingerprint density at radius 1 is 0.906 bits per heavy atom. The molecule has 0 radical (unpaired) electrons. The molecule has 32 heavy (non-hydrogen) atoms. The van der Waals surface area contributed by atoms with Crippen LogP contribution >= 0.6 is 43.6 Å². The summed E-state index contributed by atoms with van der Waals surface area (Å²) in [5.74, 6) is -0.0958. The Balaban J connectivity index is 1.54. The van der Waals surface area contributed by atoms with E-state index in [9.17, 15) is 14.0 Å². The molecule has 4 nitrogen and oxygen atoms in total. The first kappa shape index (κ1) is 22.8. The van der Waals surface area contributed by atoms with Crippen molar-refractivity contribution in [3.8, 4) is 5.75 Å². The highest BCUT2D eigenvalue weighted by molar-refractivity contribution is 9.10. The Hall–Kier alpha value is -2.42. The van der Waals surface area contributed by atoms with Crippen LogP contribution in [0, 0.1) is 5.82 Å². The molecule has 0 saturated carbocycles. The van der Waals surface area contributed by atoms with Gasteiger partial charge in [-0.05, 0) is 71.4 Å². The van der Waals surface area contributed by atoms with Crippen molar-refractivity contribution in [2.75, 3.05) is 0 Å². The van der Waals surface area contributed by atoms with Crippen LogP contribution in [0.4, 0.5) is 9.18 Å². The fourth-order valence-corrected chi connectivity index (χ4v) is 4.53. The van der Waals surface area contributed by atoms with Crippen LogP contribution in [-0.2, 0) is 17.9 Å². The number of imide groups is 1. The van der Waals surface area contributed by atoms with Gasteiger partial charge in [-0.3, -0.25) is 14.5 Å². The summed E-state index contributed by atoms with van der Waals surface area (Å²) in [4.78, 5) is 27.0. The number of hydrogen-bond donors (Lipinski definition) is 0. The van der Waals surface area contributed by atoms with E-state index in [1.54, 1.807) is 24.3 Å². The summed E-state index contributed by atoms with van der Waals surface area (Å²) < 4.78 is 20.8. The van der Waals surface area contributed by atoms with Crippen LogP contribution in [0.5, 0.6) is 5.75 Å². The van der Waals surface area contributed by atoms with Crippen molar-refractivity contribution < 1.29 is 18.7 Å². The quantitative estimate of drug-likeness (QED) is 0.292. The normalized spacial score (nSPS) is 15.0. The fraction of sp³-hybridized carbons (Fsp3) is 0.0833. The van der Waals surface area contributed by atoms with Gasteiger partial charge >= 0.3 is 0 Å². The molecule has 1 aliphatic rings. The number of rotatable bonds is 6. The Morgan fingerprint density at radius 2 is 1.56 bits per heavy atom. The van der Waals surface area contributed by atoms with Crippen molar-refractivity contribution in [1.29, 1.82) is 0 Å². The van der Waals surface area contributed by atoms with Gasteiger partial charge in [-0.2, -0.15) is 0 Å². The van der Waals surface area contributed by atoms with Crippen LogP contribution < -0.4 is 4.74 Å². The lowest BCUT2D eigenvalue weighted by atomic mass is 10.1. The number of hydrogen-bond acceptors (Lipinski definition) is 4. The van der Waals surface area contributed by atoms with E-state index < -0.39 is 0 Å². The monoisotopic (exact) mass is 575 g/mol. The van der Waals surface area contributed by atoms with Gasteiger partial charge in [-0.15, -0.1) is 0 Å². The third-order valence-electron chi connectivity index (χ3n) is 4.69. The van der Waals surface area contributed by atoms with Crippen molar-refractivity contribution >= 4 is 60.8 Å². The van der Waals surface area contributed by atoms with Gasteiger partial charge < -0.3 is 4.74 Å². The minimum Gasteiger partial charge on any atom is -0.488 e. The molecular formula is C24H16Br2FNO3S. The largest absolute Gasteiger partial charge is 0.488 e. The van der Waals surface area contributed by atoms with Gasteiger partial charge in [0.05, 0.1) is 11.4 Å². The van der Waals surface area contributed by atoms with Crippen LogP contribution in [0.1, 0.15) is 16.7 Å². The van der Waals surface area contributed by atoms with E-state index in [1.807, 2.05) is 36.4 Å². The molecule has 3 aromatic carbocycles. The standard InChI is InChI=1S/C24H16Br2FNO3S/c25-18-5-1-15(2-6-18)13-28-23(29)22(32-24(28)30)12-17-11-19(26)7-10-21(17)31-14-16-3-8-20(27)9-4-16/h1-12H,13-14H2/b22-12-. The summed E-state index contributed by atoms with van der Waals surface area (Å²) in [6, 6.07) is 19.0. The molecular weight excluding hydrogens is 561 g/mol. The molecule has 1 fully saturated rings. The maximum Gasteiger partial charge on any atom is 0.293 e. The highest BCUT2D eigenvalue weighted by Gasteiger charge is 2.35. The first-order chi connectivity index (χ1) is 15.4. The van der Waals surface area contributed by atoms with Crippen molar-refractivity contribution in [3.05, 3.63) is 103 Å². The molecule has 0 atom stereocenters. The molecule has 0 N–H and O–H groups in total.